The van der Waals surface area contributed by atoms with Crippen LogP contribution in [0.3, 0.4) is 0 Å². The van der Waals surface area contributed by atoms with Gasteiger partial charge in [-0.15, -0.1) is 0 Å². The van der Waals surface area contributed by atoms with E-state index in [4.69, 9.17) is 14.6 Å². The quantitative estimate of drug-likeness (QED) is 0.284. The third-order valence-corrected chi connectivity index (χ3v) is 6.67. The summed E-state index contributed by atoms with van der Waals surface area (Å²) < 4.78 is 34.1. The highest BCUT2D eigenvalue weighted by Crippen LogP contribution is 2.43. The van der Waals surface area contributed by atoms with E-state index in [2.05, 4.69) is 0 Å². The number of nitrogens with two attached hydrogens (primary N) is 1. The maximum atomic E-state index is 13.3. The van der Waals surface area contributed by atoms with E-state index in [-0.39, 0.29) is 21.9 Å². The van der Waals surface area contributed by atoms with Crippen molar-refractivity contribution in [1.29, 1.82) is 0 Å². The Morgan fingerprint density at radius 3 is 2.25 bits per heavy atom. The largest absolute Gasteiger partial charge is 0.507 e. The number of hydrogen-bond acceptors (Lipinski definition) is 7. The number of aliphatic hydroxyl groups is 1. The maximum Gasteiger partial charge on any atom is 0.300 e. The number of amides is 1. The molecule has 10 heteroatoms. The summed E-state index contributed by atoms with van der Waals surface area (Å²) in [6, 6.07) is 17.5. The third kappa shape index (κ3) is 4.68. The Labute approximate surface area is 208 Å². The van der Waals surface area contributed by atoms with E-state index >= 15 is 0 Å². The molecule has 1 saturated heterocycles. The van der Waals surface area contributed by atoms with Gasteiger partial charge in [0.25, 0.3) is 11.7 Å². The van der Waals surface area contributed by atoms with Crippen LogP contribution in [0.15, 0.2) is 83.3 Å². The zero-order valence-corrected chi connectivity index (χ0v) is 20.4. The van der Waals surface area contributed by atoms with Crippen LogP contribution in [0.4, 0.5) is 5.69 Å². The summed E-state index contributed by atoms with van der Waals surface area (Å²) in [6.07, 6.45) is 0. The number of ketones is 1. The summed E-state index contributed by atoms with van der Waals surface area (Å²) >= 11 is 0. The van der Waals surface area contributed by atoms with Crippen LogP contribution in [-0.4, -0.2) is 38.9 Å². The Hall–Kier alpha value is -4.15. The van der Waals surface area contributed by atoms with Gasteiger partial charge in [-0.05, 0) is 73.2 Å². The van der Waals surface area contributed by atoms with Gasteiger partial charge in [0.1, 0.15) is 17.3 Å². The Bertz CT molecular complexity index is 1450. The van der Waals surface area contributed by atoms with Crippen molar-refractivity contribution < 1.29 is 32.6 Å². The summed E-state index contributed by atoms with van der Waals surface area (Å²) in [7, 11) is -2.47. The summed E-state index contributed by atoms with van der Waals surface area (Å²) in [5.74, 6) is -1.03. The average Bonchev–Trinajstić information content (AvgIpc) is 3.14. The zero-order valence-electron chi connectivity index (χ0n) is 19.5. The SMILES string of the molecule is CCOc1ccc(/C(O)=C2\C(=O)C(=O)N(c3ccc(S(N)(=O)=O)cc3)C2c2cccc(OC)c2)cc1. The topological polar surface area (TPSA) is 136 Å². The first-order valence-corrected chi connectivity index (χ1v) is 12.5. The summed E-state index contributed by atoms with van der Waals surface area (Å²) in [4.78, 5) is 27.6. The van der Waals surface area contributed by atoms with Crippen molar-refractivity contribution in [3.05, 3.63) is 89.5 Å². The molecule has 1 aliphatic heterocycles. The first kappa shape index (κ1) is 25.0. The maximum absolute atomic E-state index is 13.3. The molecule has 0 aromatic heterocycles. The first-order valence-electron chi connectivity index (χ1n) is 11.0. The van der Waals surface area contributed by atoms with E-state index in [1.807, 2.05) is 6.92 Å². The fraction of sp³-hybridized carbons (Fsp3) is 0.154. The molecular weight excluding hydrogens is 484 g/mol. The lowest BCUT2D eigenvalue weighted by molar-refractivity contribution is -0.132. The van der Waals surface area contributed by atoms with Crippen molar-refractivity contribution in [2.45, 2.75) is 17.9 Å². The molecule has 0 saturated carbocycles. The number of Topliss-reactive ketones (excluding diaryl/α,β-unsaturated/α-hetero) is 1. The monoisotopic (exact) mass is 508 g/mol. The first-order chi connectivity index (χ1) is 17.2. The van der Waals surface area contributed by atoms with Crippen molar-refractivity contribution in [2.24, 2.45) is 5.14 Å². The molecule has 3 aromatic rings. The second-order valence-corrected chi connectivity index (χ2v) is 9.50. The predicted octanol–water partition coefficient (Wildman–Crippen LogP) is 3.37. The third-order valence-electron chi connectivity index (χ3n) is 5.74. The van der Waals surface area contributed by atoms with Crippen LogP contribution in [0.1, 0.15) is 24.1 Å². The van der Waals surface area contributed by atoms with Crippen LogP contribution in [-0.2, 0) is 19.6 Å². The average molecular weight is 509 g/mol. The molecule has 186 valence electrons. The Kier molecular flexibility index (Phi) is 6.82. The number of primary sulfonamides is 1. The Morgan fingerprint density at radius 1 is 1.00 bits per heavy atom. The lowest BCUT2D eigenvalue weighted by Gasteiger charge is -2.26. The Morgan fingerprint density at radius 2 is 1.67 bits per heavy atom. The van der Waals surface area contributed by atoms with Gasteiger partial charge in [0.2, 0.25) is 10.0 Å². The summed E-state index contributed by atoms with van der Waals surface area (Å²) in [5, 5.41) is 16.4. The number of sulfonamides is 1. The second-order valence-electron chi connectivity index (χ2n) is 7.94. The normalized spacial score (nSPS) is 17.3. The zero-order chi connectivity index (χ0) is 26.0. The van der Waals surface area contributed by atoms with Gasteiger partial charge < -0.3 is 14.6 Å². The lowest BCUT2D eigenvalue weighted by Crippen LogP contribution is -2.29. The fourth-order valence-corrected chi connectivity index (χ4v) is 4.57. The molecule has 4 rings (SSSR count). The van der Waals surface area contributed by atoms with Crippen molar-refractivity contribution in [1.82, 2.24) is 0 Å². The van der Waals surface area contributed by atoms with Gasteiger partial charge in [-0.1, -0.05) is 12.1 Å². The van der Waals surface area contributed by atoms with Crippen LogP contribution < -0.4 is 19.5 Å². The van der Waals surface area contributed by atoms with E-state index in [0.717, 1.165) is 0 Å². The van der Waals surface area contributed by atoms with Gasteiger partial charge in [0, 0.05) is 11.3 Å². The molecule has 0 spiro atoms. The number of anilines is 1. The minimum Gasteiger partial charge on any atom is -0.507 e. The molecule has 1 atom stereocenters. The molecule has 1 fully saturated rings. The van der Waals surface area contributed by atoms with Gasteiger partial charge in [0.05, 0.1) is 30.2 Å². The molecule has 9 nitrogen and oxygen atoms in total. The molecule has 1 aliphatic rings. The summed E-state index contributed by atoms with van der Waals surface area (Å²) in [5.41, 5.74) is 0.974. The molecule has 3 N–H and O–H groups in total. The number of carbonyl (C=O) groups excluding carboxylic acids is 2. The van der Waals surface area contributed by atoms with Crippen LogP contribution in [0.5, 0.6) is 11.5 Å². The summed E-state index contributed by atoms with van der Waals surface area (Å²) in [6.45, 7) is 2.31. The number of carbonyl (C=O) groups is 2. The molecule has 36 heavy (non-hydrogen) atoms. The lowest BCUT2D eigenvalue weighted by atomic mass is 9.95. The molecule has 1 heterocycles. The van der Waals surface area contributed by atoms with Gasteiger partial charge in [-0.3, -0.25) is 14.5 Å². The van der Waals surface area contributed by atoms with Crippen LogP contribution in [0.2, 0.25) is 0 Å². The number of methoxy groups -OCH3 is 1. The smallest absolute Gasteiger partial charge is 0.300 e. The van der Waals surface area contributed by atoms with E-state index in [1.54, 1.807) is 48.5 Å². The van der Waals surface area contributed by atoms with E-state index in [1.165, 1.54) is 36.3 Å². The molecule has 1 amide bonds. The number of aliphatic hydroxyl groups excluding tert-OH is 1. The van der Waals surface area contributed by atoms with Crippen molar-refractivity contribution in [3.8, 4) is 11.5 Å². The Balaban J connectivity index is 1.89. The number of nitrogens with zero attached hydrogens (tertiary/aromatic N) is 1. The van der Waals surface area contributed by atoms with Crippen molar-refractivity contribution in [2.75, 3.05) is 18.6 Å². The second kappa shape index (κ2) is 9.84. The minimum atomic E-state index is -3.96. The molecule has 0 bridgehead atoms. The van der Waals surface area contributed by atoms with Crippen LogP contribution >= 0.6 is 0 Å². The van der Waals surface area contributed by atoms with Crippen molar-refractivity contribution >= 4 is 33.2 Å². The molecule has 0 aliphatic carbocycles. The predicted molar refractivity (Wildman–Crippen MR) is 133 cm³/mol. The molecule has 3 aromatic carbocycles. The molecule has 1 unspecified atom stereocenters. The number of rotatable bonds is 7. The molecular formula is C26H24N2O7S. The van der Waals surface area contributed by atoms with Gasteiger partial charge >= 0.3 is 0 Å². The standard InChI is InChI=1S/C26H24N2O7S/c1-3-35-19-11-7-16(8-12-19)24(29)22-23(17-5-4-6-20(15-17)34-2)28(26(31)25(22)30)18-9-13-21(14-10-18)36(27,32)33/h4-15,23,29H,3H2,1-2H3,(H2,27,32,33)/b24-22+. The number of ether oxygens (including phenoxy) is 2. The minimum absolute atomic E-state index is 0.118. The van der Waals surface area contributed by atoms with E-state index in [9.17, 15) is 23.1 Å². The fourth-order valence-electron chi connectivity index (χ4n) is 4.05. The van der Waals surface area contributed by atoms with Gasteiger partial charge in [-0.25, -0.2) is 13.6 Å². The van der Waals surface area contributed by atoms with Gasteiger partial charge in [-0.2, -0.15) is 0 Å². The highest BCUT2D eigenvalue weighted by Gasteiger charge is 2.47. The molecule has 0 radical (unpaired) electrons. The van der Waals surface area contributed by atoms with Crippen LogP contribution in [0, 0.1) is 0 Å². The number of hydrogen-bond donors (Lipinski definition) is 2. The van der Waals surface area contributed by atoms with Crippen molar-refractivity contribution in [3.63, 3.8) is 0 Å². The number of benzene rings is 3. The highest BCUT2D eigenvalue weighted by molar-refractivity contribution is 7.89. The van der Waals surface area contributed by atoms with E-state index < -0.39 is 27.8 Å². The van der Waals surface area contributed by atoms with E-state index in [0.29, 0.717) is 29.2 Å². The highest BCUT2D eigenvalue weighted by atomic mass is 32.2. The van der Waals surface area contributed by atoms with Gasteiger partial charge in [0.15, 0.2) is 0 Å². The van der Waals surface area contributed by atoms with Crippen LogP contribution in [0.25, 0.3) is 5.76 Å².